The predicted molar refractivity (Wildman–Crippen MR) is 22.5 cm³/mol. The molecule has 0 fully saturated rings. The van der Waals surface area contributed by atoms with Crippen LogP contribution in [0.5, 0.6) is 0 Å². The molecule has 0 radical (unpaired) electrons. The SMILES string of the molecule is N#[C][Cd-2]([C]#N)([C]#N)[C]#N.[K+].[K+]. The van der Waals surface area contributed by atoms with Crippen molar-refractivity contribution in [2.75, 3.05) is 0 Å². The molecule has 0 aromatic heterocycles. The minimum atomic E-state index is -4.36. The Morgan fingerprint density at radius 1 is 0.636 bits per heavy atom. The molecule has 40 valence electrons. The molecule has 0 bridgehead atoms. The molecule has 0 aliphatic carbocycles. The Bertz CT molecular complexity index is 213. The van der Waals surface area contributed by atoms with E-state index in [1.165, 1.54) is 14.5 Å². The standard InChI is InChI=1S/4CN.Cd.2K/c4*1-2;;;/q;;;;-2;2*+1. The average Bonchev–Trinajstić information content (AvgIpc) is 1.95. The van der Waals surface area contributed by atoms with E-state index in [9.17, 15) is 0 Å². The molecule has 0 N–H and O–H groups in total. The quantitative estimate of drug-likeness (QED) is 0.416. The van der Waals surface area contributed by atoms with E-state index in [0.717, 1.165) is 0 Å². The van der Waals surface area contributed by atoms with Crippen LogP contribution in [0, 0.1) is 35.6 Å². The van der Waals surface area contributed by atoms with Gasteiger partial charge < -0.3 is 0 Å². The van der Waals surface area contributed by atoms with Crippen LogP contribution in [-0.4, -0.2) is 0 Å². The Hall–Kier alpha value is 2.15. The molecule has 11 heavy (non-hydrogen) atoms. The second-order valence-electron chi connectivity index (χ2n) is 1.69. The molecule has 0 unspecified atom stereocenters. The molecule has 0 spiro atoms. The number of rotatable bonds is 0. The molecule has 0 heterocycles. The summed E-state index contributed by atoms with van der Waals surface area (Å²) in [6.45, 7) is 0. The van der Waals surface area contributed by atoms with Crippen LogP contribution in [0.4, 0.5) is 0 Å². The summed E-state index contributed by atoms with van der Waals surface area (Å²) in [6.07, 6.45) is 0. The number of nitrogens with zero attached hydrogens (tertiary/aromatic N) is 4. The van der Waals surface area contributed by atoms with Crippen molar-refractivity contribution >= 4 is 0 Å². The Kier molecular flexibility index (Phi) is 17.5. The van der Waals surface area contributed by atoms with Crippen LogP contribution in [0.15, 0.2) is 0 Å². The Labute approximate surface area is 155 Å². The van der Waals surface area contributed by atoms with Crippen LogP contribution in [0.1, 0.15) is 0 Å². The van der Waals surface area contributed by atoms with Gasteiger partial charge in [-0.1, -0.05) is 0 Å². The van der Waals surface area contributed by atoms with Crippen LogP contribution in [-0.2, 0) is 21.2 Å². The smallest absolute Gasteiger partial charge is 1.00 e. The third-order valence-corrected chi connectivity index (χ3v) is 6.36. The van der Waals surface area contributed by atoms with Gasteiger partial charge in [0, 0.05) is 0 Å². The van der Waals surface area contributed by atoms with Crippen molar-refractivity contribution in [1.82, 2.24) is 0 Å². The molecule has 0 aliphatic rings. The van der Waals surface area contributed by atoms with Gasteiger partial charge in [-0.2, -0.15) is 0 Å². The number of nitriles is 4. The fourth-order valence-electron chi connectivity index (χ4n) is 0.212. The van der Waals surface area contributed by atoms with E-state index in [-0.39, 0.29) is 103 Å². The monoisotopic (exact) mass is 296 g/mol. The van der Waals surface area contributed by atoms with Crippen LogP contribution in [0.25, 0.3) is 0 Å². The fraction of sp³-hybridized carbons (Fsp3) is 0. The predicted octanol–water partition coefficient (Wildman–Crippen LogP) is -5.93. The van der Waals surface area contributed by atoms with E-state index in [4.69, 9.17) is 21.0 Å². The van der Waals surface area contributed by atoms with Gasteiger partial charge in [0.15, 0.2) is 0 Å². The van der Waals surface area contributed by atoms with E-state index in [1.807, 2.05) is 0 Å². The van der Waals surface area contributed by atoms with Crippen molar-refractivity contribution < 1.29 is 124 Å². The average molecular weight is 295 g/mol. The zero-order chi connectivity index (χ0) is 7.33. The van der Waals surface area contributed by atoms with Crippen molar-refractivity contribution in [2.45, 2.75) is 0 Å². The maximum Gasteiger partial charge on any atom is 1.00 e. The van der Waals surface area contributed by atoms with Gasteiger partial charge in [0.2, 0.25) is 0 Å². The third kappa shape index (κ3) is 6.26. The summed E-state index contributed by atoms with van der Waals surface area (Å²) >= 11 is -4.36. The van der Waals surface area contributed by atoms with Gasteiger partial charge in [0.1, 0.15) is 0 Å². The van der Waals surface area contributed by atoms with Crippen molar-refractivity contribution in [1.29, 1.82) is 21.0 Å². The normalized spacial score (nSPS) is 6.18. The summed E-state index contributed by atoms with van der Waals surface area (Å²) in [6, 6.07) is 0. The summed E-state index contributed by atoms with van der Waals surface area (Å²) in [5, 5.41) is 32.6. The van der Waals surface area contributed by atoms with Gasteiger partial charge in [-0.3, -0.25) is 0 Å². The summed E-state index contributed by atoms with van der Waals surface area (Å²) in [5.74, 6) is 0. The molecule has 4 nitrogen and oxygen atoms in total. The minimum absolute atomic E-state index is 0. The minimum Gasteiger partial charge on any atom is 1.00 e. The second kappa shape index (κ2) is 10.2. The summed E-state index contributed by atoms with van der Waals surface area (Å²) < 4.78 is 6.04. The largest absolute Gasteiger partial charge is 1.00 e. The van der Waals surface area contributed by atoms with E-state index in [1.54, 1.807) is 0 Å². The Morgan fingerprint density at radius 2 is 0.818 bits per heavy atom. The molecule has 0 amide bonds. The molecule has 0 saturated heterocycles. The topological polar surface area (TPSA) is 95.2 Å². The zero-order valence-corrected chi connectivity index (χ0v) is 16.8. The van der Waals surface area contributed by atoms with Crippen molar-refractivity contribution in [3.8, 4) is 14.5 Å². The first-order valence-corrected chi connectivity index (χ1v) is 10.4. The zero-order valence-electron chi connectivity index (χ0n) is 6.50. The van der Waals surface area contributed by atoms with Crippen molar-refractivity contribution in [3.63, 3.8) is 0 Å². The molecule has 0 atom stereocenters. The number of hydrogen-bond donors (Lipinski definition) is 0. The number of hydrogen-bond acceptors (Lipinski definition) is 4. The van der Waals surface area contributed by atoms with Crippen LogP contribution in [0.3, 0.4) is 0 Å². The van der Waals surface area contributed by atoms with E-state index in [0.29, 0.717) is 0 Å². The molecular weight excluding hydrogens is 295 g/mol. The molecule has 0 aromatic rings. The van der Waals surface area contributed by atoms with Crippen LogP contribution >= 0.6 is 0 Å². The molecule has 0 saturated carbocycles. The molecular formula is C4CdK2N4. The van der Waals surface area contributed by atoms with Crippen molar-refractivity contribution in [2.24, 2.45) is 0 Å². The van der Waals surface area contributed by atoms with Gasteiger partial charge in [0.25, 0.3) is 0 Å². The van der Waals surface area contributed by atoms with Gasteiger partial charge in [-0.25, -0.2) is 0 Å². The van der Waals surface area contributed by atoms with Crippen molar-refractivity contribution in [3.05, 3.63) is 0 Å². The fourth-order valence-corrected chi connectivity index (χ4v) is 1.42. The second-order valence-corrected chi connectivity index (χ2v) is 11.4. The Morgan fingerprint density at radius 3 is 0.818 bits per heavy atom. The van der Waals surface area contributed by atoms with Gasteiger partial charge in [-0.05, 0) is 0 Å². The van der Waals surface area contributed by atoms with Gasteiger partial charge in [0.05, 0.1) is 0 Å². The molecule has 0 aliphatic heterocycles. The maximum atomic E-state index is 8.16. The molecule has 0 rings (SSSR count). The molecule has 0 aromatic carbocycles. The first kappa shape index (κ1) is 18.8. The summed E-state index contributed by atoms with van der Waals surface area (Å²) in [4.78, 5) is 0. The maximum absolute atomic E-state index is 8.16. The summed E-state index contributed by atoms with van der Waals surface area (Å²) in [7, 11) is 0. The Balaban J connectivity index is -0.000000320. The first-order chi connectivity index (χ1) is 4.24. The third-order valence-electron chi connectivity index (χ3n) is 0.949. The first-order valence-electron chi connectivity index (χ1n) is 2.31. The van der Waals surface area contributed by atoms with E-state index < -0.39 is 21.2 Å². The van der Waals surface area contributed by atoms with Gasteiger partial charge >= 0.3 is 160 Å². The van der Waals surface area contributed by atoms with E-state index >= 15 is 0 Å². The van der Waals surface area contributed by atoms with Crippen LogP contribution < -0.4 is 103 Å². The summed E-state index contributed by atoms with van der Waals surface area (Å²) in [5.41, 5.74) is 0. The van der Waals surface area contributed by atoms with Crippen LogP contribution in [0.2, 0.25) is 0 Å². The van der Waals surface area contributed by atoms with Gasteiger partial charge in [-0.15, -0.1) is 0 Å². The molecule has 7 heteroatoms. The van der Waals surface area contributed by atoms with E-state index in [2.05, 4.69) is 0 Å².